The predicted molar refractivity (Wildman–Crippen MR) is 480 cm³/mol. The van der Waals surface area contributed by atoms with Gasteiger partial charge in [-0.3, -0.25) is 0 Å². The molecule has 7 heteroatoms. The molecule has 17 aromatic carbocycles. The van der Waals surface area contributed by atoms with Crippen molar-refractivity contribution in [2.75, 3.05) is 4.90 Å². The van der Waals surface area contributed by atoms with Crippen molar-refractivity contribution in [1.82, 2.24) is 18.3 Å². The zero-order chi connectivity index (χ0) is 74.7. The fourth-order valence-electron chi connectivity index (χ4n) is 19.1. The maximum Gasteiger partial charge on any atom is 0.249 e. The van der Waals surface area contributed by atoms with Gasteiger partial charge in [-0.05, 0) is 176 Å². The highest BCUT2D eigenvalue weighted by Crippen LogP contribution is 2.55. The Labute approximate surface area is 659 Å². The highest BCUT2D eigenvalue weighted by molar-refractivity contribution is 8.00. The lowest BCUT2D eigenvalue weighted by molar-refractivity contribution is 0.591. The Morgan fingerprint density at radius 2 is 0.699 bits per heavy atom. The van der Waals surface area contributed by atoms with Crippen LogP contribution in [0.1, 0.15) is 26.3 Å². The van der Waals surface area contributed by atoms with Crippen LogP contribution in [0, 0.1) is 0 Å². The minimum Gasteiger partial charge on any atom is -0.310 e. The number of hydrogen-bond acceptors (Lipinski definition) is 2. The first-order chi connectivity index (χ1) is 55.7. The first-order valence-corrected chi connectivity index (χ1v) is 40.1. The van der Waals surface area contributed by atoms with Crippen molar-refractivity contribution < 1.29 is 0 Å². The first-order valence-electron chi connectivity index (χ1n) is 39.2. The monoisotopic (exact) mass is 1460 g/mol. The number of para-hydroxylation sites is 6. The van der Waals surface area contributed by atoms with E-state index in [9.17, 15) is 0 Å². The number of rotatable bonds is 10. The van der Waals surface area contributed by atoms with E-state index in [0.717, 1.165) is 112 Å². The lowest BCUT2D eigenvalue weighted by Crippen LogP contribution is -2.60. The van der Waals surface area contributed by atoms with Gasteiger partial charge in [-0.15, -0.1) is 0 Å². The Hall–Kier alpha value is -13.8. The van der Waals surface area contributed by atoms with Crippen molar-refractivity contribution in [3.8, 4) is 78.4 Å². The van der Waals surface area contributed by atoms with E-state index < -0.39 is 0 Å². The number of nitrogens with zero attached hydrogens (tertiary/aromatic N) is 5. The second-order valence-electron chi connectivity index (χ2n) is 31.4. The van der Waals surface area contributed by atoms with Gasteiger partial charge >= 0.3 is 0 Å². The van der Waals surface area contributed by atoms with E-state index in [1.165, 1.54) is 103 Å². The quantitative estimate of drug-likeness (QED) is 0.127. The normalized spacial score (nSPS) is 12.7. The molecule has 0 fully saturated rings. The molecule has 5 nitrogen and oxygen atoms in total. The first kappa shape index (κ1) is 65.1. The van der Waals surface area contributed by atoms with E-state index in [4.69, 9.17) is 0 Å². The van der Waals surface area contributed by atoms with Gasteiger partial charge in [0.25, 0.3) is 0 Å². The van der Waals surface area contributed by atoms with Crippen LogP contribution in [0.25, 0.3) is 166 Å². The molecular formula is C106H72BN5S. The van der Waals surface area contributed by atoms with E-state index in [0.29, 0.717) is 0 Å². The van der Waals surface area contributed by atoms with E-state index in [2.05, 4.69) is 426 Å². The molecule has 0 bridgehead atoms. The fourth-order valence-corrected chi connectivity index (χ4v) is 20.4. The number of aromatic nitrogens is 4. The van der Waals surface area contributed by atoms with Crippen LogP contribution in [0.2, 0.25) is 0 Å². The number of anilines is 3. The van der Waals surface area contributed by atoms with Gasteiger partial charge in [-0.1, -0.05) is 305 Å². The summed E-state index contributed by atoms with van der Waals surface area (Å²) in [7, 11) is 0. The summed E-state index contributed by atoms with van der Waals surface area (Å²) in [4.78, 5) is 5.21. The van der Waals surface area contributed by atoms with Gasteiger partial charge in [0.1, 0.15) is 0 Å². The van der Waals surface area contributed by atoms with Crippen molar-refractivity contribution in [2.45, 2.75) is 36.0 Å². The molecule has 0 N–H and O–H groups in total. The highest BCUT2D eigenvalue weighted by atomic mass is 32.2. The third kappa shape index (κ3) is 10.0. The second kappa shape index (κ2) is 25.4. The van der Waals surface area contributed by atoms with Gasteiger partial charge in [-0.2, -0.15) is 0 Å². The maximum atomic E-state index is 2.75. The molecule has 0 saturated heterocycles. The maximum absolute atomic E-state index is 2.75. The van der Waals surface area contributed by atoms with Crippen LogP contribution < -0.4 is 21.3 Å². The molecule has 530 valence electrons. The summed E-state index contributed by atoms with van der Waals surface area (Å²) in [6.45, 7) is 6.84. The van der Waals surface area contributed by atoms with Crippen LogP contribution >= 0.6 is 11.8 Å². The van der Waals surface area contributed by atoms with Gasteiger partial charge in [-0.25, -0.2) is 0 Å². The Morgan fingerprint density at radius 3 is 1.23 bits per heavy atom. The van der Waals surface area contributed by atoms with Gasteiger partial charge < -0.3 is 23.2 Å². The largest absolute Gasteiger partial charge is 0.310 e. The zero-order valence-corrected chi connectivity index (χ0v) is 63.4. The predicted octanol–water partition coefficient (Wildman–Crippen LogP) is 26.5. The number of benzene rings is 17. The van der Waals surface area contributed by atoms with Crippen molar-refractivity contribution in [3.63, 3.8) is 0 Å². The molecule has 0 aliphatic carbocycles. The van der Waals surface area contributed by atoms with E-state index in [1.54, 1.807) is 0 Å². The van der Waals surface area contributed by atoms with Gasteiger partial charge in [0, 0.05) is 92.3 Å². The Bertz CT molecular complexity index is 7190. The molecule has 0 radical (unpaired) electrons. The molecular weight excluding hydrogens is 1390 g/mol. The molecule has 6 heterocycles. The van der Waals surface area contributed by atoms with Crippen LogP contribution in [0.4, 0.5) is 17.1 Å². The second-order valence-corrected chi connectivity index (χ2v) is 32.5. The van der Waals surface area contributed by atoms with Gasteiger partial charge in [0.05, 0.1) is 61.2 Å². The van der Waals surface area contributed by atoms with Crippen molar-refractivity contribution in [2.24, 2.45) is 0 Å². The average Bonchev–Trinajstić information content (AvgIpc) is 1.65. The lowest BCUT2D eigenvalue weighted by Gasteiger charge is -2.42. The molecule has 2 aliphatic rings. The van der Waals surface area contributed by atoms with E-state index in [-0.39, 0.29) is 12.1 Å². The standard InChI is InChI=1S/C106H72BN5S/c1-106(2,3)74-64-83(69-34-13-6-14-35-69)104(84(65-74)70-36-15-7-16-37-70)112-98-66-76(109-88-45-24-19-44-81(88)82-55-52-72(61-97(82)109)68-32-11-5-12-33-68)54-56-86(98)107-87-57-59-96-102(85-60-71(67-30-9-4-10-31-67)53-58-93(85)108(96)75-38-17-8-18-39-75)105(87)113-100-63-73(62-99(112)103(100)107)101-94(110-89-46-25-20-40-77(89)78-41-21-26-47-90(78)110)50-29-51-95(101)111-91-48-27-22-42-79(91)80-43-23-28-49-92(80)111/h4-66H,1-3H3. The summed E-state index contributed by atoms with van der Waals surface area (Å²) in [6, 6.07) is 144. The van der Waals surface area contributed by atoms with Gasteiger partial charge in [0.2, 0.25) is 6.71 Å². The Kier molecular flexibility index (Phi) is 14.6. The highest BCUT2D eigenvalue weighted by Gasteiger charge is 2.44. The van der Waals surface area contributed by atoms with Crippen LogP contribution in [0.3, 0.4) is 0 Å². The van der Waals surface area contributed by atoms with Crippen molar-refractivity contribution >= 4 is 139 Å². The molecule has 0 unspecified atom stereocenters. The fraction of sp³-hybridized carbons (Fsp3) is 0.0377. The van der Waals surface area contributed by atoms with Gasteiger partial charge in [0.15, 0.2) is 0 Å². The van der Waals surface area contributed by atoms with Crippen molar-refractivity contribution in [1.29, 1.82) is 0 Å². The SMILES string of the molecule is CC(C)(C)c1cc(-c2ccccc2)c(N2c3cc(-n4c5ccccc5c5ccc(-c6ccccc6)cc54)ccc3B3c4ccc5c(c4Sc4cc(-c6c(-n7c8ccccc8c8ccccc87)cccc6-n6c7ccccc7c7ccccc76)cc2c43)c2cc(-c3ccccc3)ccc2n5-c2ccccc2)c(-c2ccccc2)c1. The summed E-state index contributed by atoms with van der Waals surface area (Å²) >= 11 is 1.95. The summed E-state index contributed by atoms with van der Waals surface area (Å²) in [6.07, 6.45) is 0. The minimum absolute atomic E-state index is 0.227. The molecule has 2 aliphatic heterocycles. The molecule has 113 heavy (non-hydrogen) atoms. The molecule has 0 amide bonds. The van der Waals surface area contributed by atoms with Crippen LogP contribution in [-0.4, -0.2) is 25.0 Å². The third-order valence-corrected chi connectivity index (χ3v) is 25.3. The summed E-state index contributed by atoms with van der Waals surface area (Å²) < 4.78 is 10.2. The summed E-state index contributed by atoms with van der Waals surface area (Å²) in [5.74, 6) is 0. The molecule has 0 atom stereocenters. The molecule has 23 rings (SSSR count). The summed E-state index contributed by atoms with van der Waals surface area (Å²) in [5.41, 5.74) is 33.3. The Morgan fingerprint density at radius 1 is 0.265 bits per heavy atom. The van der Waals surface area contributed by atoms with Crippen molar-refractivity contribution in [3.05, 3.63) is 388 Å². The smallest absolute Gasteiger partial charge is 0.249 e. The minimum atomic E-state index is -0.246. The van der Waals surface area contributed by atoms with Crippen LogP contribution in [-0.2, 0) is 5.41 Å². The van der Waals surface area contributed by atoms with Crippen LogP contribution in [0.15, 0.2) is 392 Å². The van der Waals surface area contributed by atoms with E-state index >= 15 is 0 Å². The molecule has 0 spiro atoms. The number of hydrogen-bond donors (Lipinski definition) is 0. The lowest BCUT2D eigenvalue weighted by atomic mass is 9.34. The molecule has 21 aromatic rings. The van der Waals surface area contributed by atoms with E-state index in [1.807, 2.05) is 11.8 Å². The molecule has 4 aromatic heterocycles. The average molecular weight is 1460 g/mol. The topological polar surface area (TPSA) is 23.0 Å². The Balaban J connectivity index is 0.909. The molecule has 0 saturated carbocycles. The number of fused-ring (bicyclic) bond motifs is 17. The third-order valence-electron chi connectivity index (χ3n) is 24.1. The zero-order valence-electron chi connectivity index (χ0n) is 62.6. The van der Waals surface area contributed by atoms with Crippen LogP contribution in [0.5, 0.6) is 0 Å². The summed E-state index contributed by atoms with van der Waals surface area (Å²) in [5, 5.41) is 9.71.